The van der Waals surface area contributed by atoms with E-state index in [4.69, 9.17) is 0 Å². The summed E-state index contributed by atoms with van der Waals surface area (Å²) in [5, 5.41) is 3.24. The van der Waals surface area contributed by atoms with E-state index >= 15 is 0 Å². The van der Waals surface area contributed by atoms with Crippen LogP contribution >= 0.6 is 0 Å². The van der Waals surface area contributed by atoms with Crippen molar-refractivity contribution < 1.29 is 8.42 Å². The van der Waals surface area contributed by atoms with Crippen LogP contribution in [-0.4, -0.2) is 47.0 Å². The predicted molar refractivity (Wildman–Crippen MR) is 97.4 cm³/mol. The third-order valence-electron chi connectivity index (χ3n) is 4.35. The Labute approximate surface area is 148 Å². The van der Waals surface area contributed by atoms with Gasteiger partial charge >= 0.3 is 0 Å². The van der Waals surface area contributed by atoms with Gasteiger partial charge in [-0.05, 0) is 38.3 Å². The number of anilines is 2. The summed E-state index contributed by atoms with van der Waals surface area (Å²) in [4.78, 5) is 13.5. The molecule has 0 bridgehead atoms. The summed E-state index contributed by atoms with van der Waals surface area (Å²) >= 11 is 0. The molecule has 2 aromatic rings. The van der Waals surface area contributed by atoms with Gasteiger partial charge in [0.2, 0.25) is 10.0 Å². The largest absolute Gasteiger partial charge is 0.325 e. The van der Waals surface area contributed by atoms with Crippen molar-refractivity contribution in [2.24, 2.45) is 0 Å². The molecule has 1 aliphatic rings. The molecular weight excluding hydrogens is 338 g/mol. The van der Waals surface area contributed by atoms with E-state index in [2.05, 4.69) is 20.3 Å². The lowest BCUT2D eigenvalue weighted by molar-refractivity contribution is 0.311. The molecule has 25 heavy (non-hydrogen) atoms. The summed E-state index contributed by atoms with van der Waals surface area (Å²) in [5.41, 5.74) is 1.87. The van der Waals surface area contributed by atoms with Gasteiger partial charge in [-0.1, -0.05) is 6.07 Å². The molecule has 2 aromatic heterocycles. The molecule has 0 spiro atoms. The minimum Gasteiger partial charge on any atom is -0.325 e. The number of hydrogen-bond donors (Lipinski definition) is 1. The SMILES string of the molecule is Cc1cc(Nc2ncccc2C)nc([C@H]2CCCN(S(C)(=O)=O)C2)n1. The zero-order valence-corrected chi connectivity index (χ0v) is 15.5. The summed E-state index contributed by atoms with van der Waals surface area (Å²) in [7, 11) is -3.19. The number of nitrogens with one attached hydrogen (secondary N) is 1. The summed E-state index contributed by atoms with van der Waals surface area (Å²) in [6, 6.07) is 5.74. The van der Waals surface area contributed by atoms with Crippen LogP contribution in [0.5, 0.6) is 0 Å². The molecule has 0 radical (unpaired) electrons. The molecule has 0 aromatic carbocycles. The number of pyridine rings is 1. The average Bonchev–Trinajstić information content (AvgIpc) is 2.56. The van der Waals surface area contributed by atoms with E-state index in [-0.39, 0.29) is 5.92 Å². The van der Waals surface area contributed by atoms with Crippen molar-refractivity contribution in [1.82, 2.24) is 19.3 Å². The van der Waals surface area contributed by atoms with Gasteiger partial charge in [-0.2, -0.15) is 0 Å². The second-order valence-corrected chi connectivity index (χ2v) is 8.49. The molecule has 0 saturated carbocycles. The normalized spacial score (nSPS) is 18.9. The van der Waals surface area contributed by atoms with E-state index < -0.39 is 10.0 Å². The zero-order chi connectivity index (χ0) is 18.0. The van der Waals surface area contributed by atoms with Crippen molar-refractivity contribution in [3.8, 4) is 0 Å². The van der Waals surface area contributed by atoms with Gasteiger partial charge in [-0.25, -0.2) is 27.7 Å². The van der Waals surface area contributed by atoms with Crippen molar-refractivity contribution in [3.05, 3.63) is 41.5 Å². The summed E-state index contributed by atoms with van der Waals surface area (Å²) in [6.45, 7) is 4.90. The molecule has 134 valence electrons. The maximum Gasteiger partial charge on any atom is 0.211 e. The monoisotopic (exact) mass is 361 g/mol. The van der Waals surface area contributed by atoms with E-state index in [1.807, 2.05) is 32.0 Å². The van der Waals surface area contributed by atoms with Gasteiger partial charge < -0.3 is 5.32 Å². The second-order valence-electron chi connectivity index (χ2n) is 6.51. The lowest BCUT2D eigenvalue weighted by Crippen LogP contribution is -2.38. The minimum absolute atomic E-state index is 0.00811. The van der Waals surface area contributed by atoms with E-state index in [9.17, 15) is 8.42 Å². The summed E-state index contributed by atoms with van der Waals surface area (Å²) in [6.07, 6.45) is 4.69. The number of aromatic nitrogens is 3. The Morgan fingerprint density at radius 3 is 2.80 bits per heavy atom. The molecule has 3 heterocycles. The first-order valence-electron chi connectivity index (χ1n) is 8.32. The lowest BCUT2D eigenvalue weighted by Gasteiger charge is -2.30. The number of hydrogen-bond acceptors (Lipinski definition) is 6. The highest BCUT2D eigenvalue weighted by molar-refractivity contribution is 7.88. The van der Waals surface area contributed by atoms with E-state index in [0.717, 1.165) is 29.9 Å². The first-order chi connectivity index (χ1) is 11.8. The highest BCUT2D eigenvalue weighted by Crippen LogP contribution is 2.27. The Bertz CT molecular complexity index is 869. The van der Waals surface area contributed by atoms with Crippen molar-refractivity contribution in [2.45, 2.75) is 32.6 Å². The molecule has 0 aliphatic carbocycles. The van der Waals surface area contributed by atoms with Gasteiger partial charge in [0.25, 0.3) is 0 Å². The fourth-order valence-electron chi connectivity index (χ4n) is 3.03. The van der Waals surface area contributed by atoms with Crippen LogP contribution < -0.4 is 5.32 Å². The molecular formula is C17H23N5O2S. The van der Waals surface area contributed by atoms with Gasteiger partial charge in [0, 0.05) is 37.0 Å². The van der Waals surface area contributed by atoms with Crippen LogP contribution in [0.1, 0.15) is 35.8 Å². The quantitative estimate of drug-likeness (QED) is 0.899. The number of piperidine rings is 1. The average molecular weight is 361 g/mol. The van der Waals surface area contributed by atoms with Crippen LogP contribution in [0, 0.1) is 13.8 Å². The van der Waals surface area contributed by atoms with Crippen LogP contribution in [0.4, 0.5) is 11.6 Å². The standard InChI is InChI=1S/C17H23N5O2S/c1-12-6-4-8-18-16(12)20-15-10-13(2)19-17(21-15)14-7-5-9-22(11-14)25(3,23)24/h4,6,8,10,14H,5,7,9,11H2,1-3H3,(H,18,19,20,21)/t14-/m0/s1. The molecule has 1 aliphatic heterocycles. The number of rotatable bonds is 4. The first-order valence-corrected chi connectivity index (χ1v) is 10.2. The van der Waals surface area contributed by atoms with Gasteiger partial charge in [-0.3, -0.25) is 0 Å². The molecule has 1 atom stereocenters. The molecule has 1 fully saturated rings. The Hall–Kier alpha value is -2.06. The second kappa shape index (κ2) is 7.05. The minimum atomic E-state index is -3.19. The van der Waals surface area contributed by atoms with Crippen molar-refractivity contribution >= 4 is 21.7 Å². The lowest BCUT2D eigenvalue weighted by atomic mass is 9.99. The Balaban J connectivity index is 1.85. The fraction of sp³-hybridized carbons (Fsp3) is 0.471. The van der Waals surface area contributed by atoms with Gasteiger partial charge in [-0.15, -0.1) is 0 Å². The molecule has 3 rings (SSSR count). The van der Waals surface area contributed by atoms with Crippen LogP contribution in [0.2, 0.25) is 0 Å². The number of nitrogens with zero attached hydrogens (tertiary/aromatic N) is 4. The molecule has 0 unspecified atom stereocenters. The summed E-state index contributed by atoms with van der Waals surface area (Å²) in [5.74, 6) is 2.13. The van der Waals surface area contributed by atoms with Crippen LogP contribution in [0.25, 0.3) is 0 Å². The van der Waals surface area contributed by atoms with Crippen molar-refractivity contribution in [3.63, 3.8) is 0 Å². The van der Waals surface area contributed by atoms with Gasteiger partial charge in [0.15, 0.2) is 0 Å². The number of sulfonamides is 1. The number of aryl methyl sites for hydroxylation is 2. The molecule has 1 N–H and O–H groups in total. The van der Waals surface area contributed by atoms with Crippen LogP contribution in [-0.2, 0) is 10.0 Å². The zero-order valence-electron chi connectivity index (χ0n) is 14.7. The molecule has 7 nitrogen and oxygen atoms in total. The van der Waals surface area contributed by atoms with Crippen molar-refractivity contribution in [2.75, 3.05) is 24.7 Å². The predicted octanol–water partition coefficient (Wildman–Crippen LogP) is 2.37. The van der Waals surface area contributed by atoms with E-state index in [1.165, 1.54) is 10.6 Å². The highest BCUT2D eigenvalue weighted by atomic mass is 32.2. The smallest absolute Gasteiger partial charge is 0.211 e. The first kappa shape index (κ1) is 17.8. The Morgan fingerprint density at radius 1 is 1.28 bits per heavy atom. The Kier molecular flexibility index (Phi) is 5.01. The Morgan fingerprint density at radius 2 is 2.08 bits per heavy atom. The third kappa shape index (κ3) is 4.32. The maximum absolute atomic E-state index is 11.8. The maximum atomic E-state index is 11.8. The van der Waals surface area contributed by atoms with E-state index in [0.29, 0.717) is 24.7 Å². The van der Waals surface area contributed by atoms with E-state index in [1.54, 1.807) is 6.20 Å². The molecule has 0 amide bonds. The van der Waals surface area contributed by atoms with Gasteiger partial charge in [0.1, 0.15) is 17.5 Å². The molecule has 1 saturated heterocycles. The van der Waals surface area contributed by atoms with Crippen LogP contribution in [0.3, 0.4) is 0 Å². The van der Waals surface area contributed by atoms with Crippen molar-refractivity contribution in [1.29, 1.82) is 0 Å². The van der Waals surface area contributed by atoms with Gasteiger partial charge in [0.05, 0.1) is 6.26 Å². The third-order valence-corrected chi connectivity index (χ3v) is 5.62. The fourth-order valence-corrected chi connectivity index (χ4v) is 3.94. The van der Waals surface area contributed by atoms with Crippen LogP contribution in [0.15, 0.2) is 24.4 Å². The summed E-state index contributed by atoms with van der Waals surface area (Å²) < 4.78 is 25.2. The highest BCUT2D eigenvalue weighted by Gasteiger charge is 2.28. The molecule has 8 heteroatoms. The topological polar surface area (TPSA) is 88.1 Å².